The summed E-state index contributed by atoms with van der Waals surface area (Å²) in [5, 5.41) is 0. The molecule has 0 aromatic heterocycles. The minimum atomic E-state index is -3.76. The van der Waals surface area contributed by atoms with Crippen LogP contribution in [0.3, 0.4) is 0 Å². The molecule has 2 aromatic rings. The minimum Gasteiger partial charge on any atom is -0.427 e. The molecule has 0 radical (unpaired) electrons. The summed E-state index contributed by atoms with van der Waals surface area (Å²) in [5.74, 6) is 3.91. The molecule has 4 aliphatic rings. The summed E-state index contributed by atoms with van der Waals surface area (Å²) in [5.41, 5.74) is 0. The maximum Gasteiger partial charge on any atom is 0.311 e. The number of esters is 2. The van der Waals surface area contributed by atoms with E-state index in [1.165, 1.54) is 87.1 Å². The van der Waals surface area contributed by atoms with E-state index < -0.39 is 9.84 Å². The van der Waals surface area contributed by atoms with Crippen LogP contribution in [0.15, 0.2) is 58.3 Å². The van der Waals surface area contributed by atoms with Crippen molar-refractivity contribution < 1.29 is 27.5 Å². The van der Waals surface area contributed by atoms with E-state index in [9.17, 15) is 18.0 Å². The summed E-state index contributed by atoms with van der Waals surface area (Å²) in [7, 11) is -3.76. The second-order valence-corrected chi connectivity index (χ2v) is 13.6. The van der Waals surface area contributed by atoms with Crippen LogP contribution in [0.25, 0.3) is 0 Å². The zero-order valence-electron chi connectivity index (χ0n) is 21.0. The smallest absolute Gasteiger partial charge is 0.311 e. The number of ether oxygens (including phenoxy) is 2. The van der Waals surface area contributed by atoms with Crippen LogP contribution in [0.1, 0.15) is 64.2 Å². The molecule has 6 nitrogen and oxygen atoms in total. The molecule has 4 fully saturated rings. The summed E-state index contributed by atoms with van der Waals surface area (Å²) in [6.45, 7) is 0. The van der Waals surface area contributed by atoms with Crippen molar-refractivity contribution >= 4 is 21.8 Å². The Morgan fingerprint density at radius 1 is 0.622 bits per heavy atom. The van der Waals surface area contributed by atoms with Gasteiger partial charge in [-0.05, 0) is 123 Å². The Morgan fingerprint density at radius 2 is 1.03 bits per heavy atom. The first-order chi connectivity index (χ1) is 17.8. The van der Waals surface area contributed by atoms with Crippen molar-refractivity contribution in [3.63, 3.8) is 0 Å². The molecule has 4 aliphatic carbocycles. The van der Waals surface area contributed by atoms with Crippen LogP contribution in [0.2, 0.25) is 0 Å². The molecule has 4 saturated carbocycles. The Morgan fingerprint density at radius 3 is 1.35 bits per heavy atom. The van der Waals surface area contributed by atoms with E-state index in [0.717, 1.165) is 24.7 Å². The lowest BCUT2D eigenvalue weighted by Crippen LogP contribution is -2.18. The number of hydrogen-bond acceptors (Lipinski definition) is 6. The van der Waals surface area contributed by atoms with E-state index in [1.807, 2.05) is 0 Å². The first kappa shape index (κ1) is 24.7. The minimum absolute atomic E-state index is 0.112. The van der Waals surface area contributed by atoms with Gasteiger partial charge in [0.25, 0.3) is 0 Å². The van der Waals surface area contributed by atoms with Crippen molar-refractivity contribution in [3.05, 3.63) is 48.5 Å². The van der Waals surface area contributed by atoms with Gasteiger partial charge in [-0.3, -0.25) is 9.59 Å². The van der Waals surface area contributed by atoms with Crippen LogP contribution >= 0.6 is 0 Å². The zero-order valence-corrected chi connectivity index (χ0v) is 21.8. The molecule has 0 spiro atoms. The summed E-state index contributed by atoms with van der Waals surface area (Å²) in [4.78, 5) is 25.0. The topological polar surface area (TPSA) is 86.7 Å². The van der Waals surface area contributed by atoms with Gasteiger partial charge in [-0.1, -0.05) is 12.8 Å². The third-order valence-corrected chi connectivity index (χ3v) is 11.1. The average Bonchev–Trinajstić information content (AvgIpc) is 3.67. The van der Waals surface area contributed by atoms with Gasteiger partial charge in [0.2, 0.25) is 9.84 Å². The van der Waals surface area contributed by atoms with E-state index >= 15 is 0 Å². The van der Waals surface area contributed by atoms with E-state index in [0.29, 0.717) is 48.0 Å². The van der Waals surface area contributed by atoms with Gasteiger partial charge >= 0.3 is 11.9 Å². The normalized spacial score (nSPS) is 29.9. The molecule has 196 valence electrons. The number of carbonyl (C=O) groups is 2. The molecule has 6 rings (SSSR count). The van der Waals surface area contributed by atoms with Crippen LogP contribution in [0.4, 0.5) is 0 Å². The van der Waals surface area contributed by atoms with Crippen LogP contribution in [-0.4, -0.2) is 20.4 Å². The van der Waals surface area contributed by atoms with E-state index in [-0.39, 0.29) is 21.7 Å². The van der Waals surface area contributed by atoms with Crippen molar-refractivity contribution in [1.29, 1.82) is 0 Å². The van der Waals surface area contributed by atoms with E-state index in [1.54, 1.807) is 0 Å². The number of fused-ring (bicyclic) bond motifs is 4. The molecule has 0 amide bonds. The molecule has 0 unspecified atom stereocenters. The maximum absolute atomic E-state index is 13.1. The van der Waals surface area contributed by atoms with Gasteiger partial charge in [-0.25, -0.2) is 8.42 Å². The molecule has 0 heterocycles. The lowest BCUT2D eigenvalue weighted by Gasteiger charge is -2.20. The van der Waals surface area contributed by atoms with Crippen molar-refractivity contribution in [2.45, 2.75) is 74.0 Å². The third-order valence-electron chi connectivity index (χ3n) is 9.36. The van der Waals surface area contributed by atoms with Gasteiger partial charge in [0, 0.05) is 12.8 Å². The number of rotatable bonds is 8. The number of benzene rings is 2. The standard InChI is InChI=1S/C30H34O6S/c31-29(17-23-15-19-1-3-21(23)13-19)35-25-5-9-27(10-6-25)37(33,34)28-11-7-26(8-12-28)36-30(32)18-24-16-20-2-4-22(24)14-20/h5-12,19-24H,1-4,13-18H2/t19-,20-,21-,22-,23+,24+/m1/s1. The second kappa shape index (κ2) is 9.90. The predicted molar refractivity (Wildman–Crippen MR) is 137 cm³/mol. The second-order valence-electron chi connectivity index (χ2n) is 11.7. The highest BCUT2D eigenvalue weighted by Crippen LogP contribution is 2.50. The van der Waals surface area contributed by atoms with Gasteiger partial charge < -0.3 is 9.47 Å². The summed E-state index contributed by atoms with van der Waals surface area (Å²) < 4.78 is 37.2. The first-order valence-corrected chi connectivity index (χ1v) is 15.2. The fourth-order valence-corrected chi connectivity index (χ4v) is 8.80. The molecular weight excluding hydrogens is 488 g/mol. The molecule has 6 atom stereocenters. The SMILES string of the molecule is O=C(C[C@@H]1C[C@@H]2CC[C@@H]1C2)Oc1ccc(S(=O)(=O)c2ccc(OC(=O)C[C@@H]3C[C@@H]4CC[C@@H]3C4)cc2)cc1. The van der Waals surface area contributed by atoms with Gasteiger partial charge in [-0.15, -0.1) is 0 Å². The predicted octanol–water partition coefficient (Wildman–Crippen LogP) is 5.98. The Bertz CT molecular complexity index is 1170. The molecule has 37 heavy (non-hydrogen) atoms. The zero-order chi connectivity index (χ0) is 25.6. The average molecular weight is 523 g/mol. The highest BCUT2D eigenvalue weighted by atomic mass is 32.2. The van der Waals surface area contributed by atoms with Crippen molar-refractivity contribution in [2.24, 2.45) is 35.5 Å². The van der Waals surface area contributed by atoms with Crippen molar-refractivity contribution in [2.75, 3.05) is 0 Å². The molecule has 0 saturated heterocycles. The highest BCUT2D eigenvalue weighted by molar-refractivity contribution is 7.91. The fourth-order valence-electron chi connectivity index (χ4n) is 7.54. The maximum atomic E-state index is 13.1. The number of sulfone groups is 1. The molecule has 2 aromatic carbocycles. The van der Waals surface area contributed by atoms with Crippen molar-refractivity contribution in [3.8, 4) is 11.5 Å². The Labute approximate surface area is 218 Å². The molecular formula is C30H34O6S. The molecule has 7 heteroatoms. The third kappa shape index (κ3) is 5.20. The van der Waals surface area contributed by atoms with Crippen molar-refractivity contribution in [1.82, 2.24) is 0 Å². The molecule has 4 bridgehead atoms. The largest absolute Gasteiger partial charge is 0.427 e. The fraction of sp³-hybridized carbons (Fsp3) is 0.533. The number of carbonyl (C=O) groups excluding carboxylic acids is 2. The van der Waals surface area contributed by atoms with Gasteiger partial charge in [-0.2, -0.15) is 0 Å². The molecule has 0 N–H and O–H groups in total. The lowest BCUT2D eigenvalue weighted by molar-refractivity contribution is -0.136. The van der Waals surface area contributed by atoms with E-state index in [2.05, 4.69) is 0 Å². The first-order valence-electron chi connectivity index (χ1n) is 13.7. The molecule has 0 aliphatic heterocycles. The van der Waals surface area contributed by atoms with E-state index in [4.69, 9.17) is 9.47 Å². The number of hydrogen-bond donors (Lipinski definition) is 0. The van der Waals surface area contributed by atoms with Gasteiger partial charge in [0.15, 0.2) is 0 Å². The van der Waals surface area contributed by atoms with Gasteiger partial charge in [0.1, 0.15) is 11.5 Å². The quantitative estimate of drug-likeness (QED) is 0.313. The highest BCUT2D eigenvalue weighted by Gasteiger charge is 2.41. The van der Waals surface area contributed by atoms with Gasteiger partial charge in [0.05, 0.1) is 9.79 Å². The van der Waals surface area contributed by atoms with Crippen LogP contribution < -0.4 is 9.47 Å². The van der Waals surface area contributed by atoms with Crippen LogP contribution in [-0.2, 0) is 19.4 Å². The monoisotopic (exact) mass is 522 g/mol. The summed E-state index contributed by atoms with van der Waals surface area (Å²) in [6.07, 6.45) is 10.6. The Kier molecular flexibility index (Phi) is 6.59. The Hall–Kier alpha value is -2.67. The summed E-state index contributed by atoms with van der Waals surface area (Å²) in [6, 6.07) is 11.9. The lowest BCUT2D eigenvalue weighted by atomic mass is 9.86. The Balaban J connectivity index is 1.03. The summed E-state index contributed by atoms with van der Waals surface area (Å²) >= 11 is 0. The van der Waals surface area contributed by atoms with Crippen LogP contribution in [0, 0.1) is 35.5 Å². The van der Waals surface area contributed by atoms with Crippen LogP contribution in [0.5, 0.6) is 11.5 Å².